The molecule has 0 atom stereocenters. The van der Waals surface area contributed by atoms with Crippen molar-refractivity contribution in [2.24, 2.45) is 0 Å². The molecular formula is C16H16O2. The maximum atomic E-state index is 9.47. The minimum atomic E-state index is 0.263. The second-order valence-electron chi connectivity index (χ2n) is 4.06. The highest BCUT2D eigenvalue weighted by Gasteiger charge is 2.00. The molecule has 0 saturated heterocycles. The van der Waals surface area contributed by atoms with Crippen molar-refractivity contribution >= 4 is 12.2 Å². The molecule has 0 amide bonds. The molecule has 0 heterocycles. The Labute approximate surface area is 107 Å². The summed E-state index contributed by atoms with van der Waals surface area (Å²) in [4.78, 5) is 0. The van der Waals surface area contributed by atoms with Crippen molar-refractivity contribution < 1.29 is 9.84 Å². The fourth-order valence-electron chi connectivity index (χ4n) is 1.79. The van der Waals surface area contributed by atoms with E-state index in [1.807, 2.05) is 48.6 Å². The van der Waals surface area contributed by atoms with Gasteiger partial charge in [0.05, 0.1) is 6.61 Å². The van der Waals surface area contributed by atoms with E-state index in [-0.39, 0.29) is 5.75 Å². The fraction of sp³-hybridized carbons (Fsp3) is 0.125. The molecule has 18 heavy (non-hydrogen) atoms. The Kier molecular flexibility index (Phi) is 4.15. The Bertz CT molecular complexity index is 530. The van der Waals surface area contributed by atoms with Gasteiger partial charge in [-0.15, -0.1) is 0 Å². The summed E-state index contributed by atoms with van der Waals surface area (Å²) in [5, 5.41) is 9.47. The first kappa shape index (κ1) is 12.4. The molecule has 1 N–H and O–H groups in total. The van der Waals surface area contributed by atoms with Crippen LogP contribution in [-0.2, 0) is 11.3 Å². The number of phenols is 1. The average molecular weight is 240 g/mol. The van der Waals surface area contributed by atoms with Gasteiger partial charge in [0, 0.05) is 7.11 Å². The molecule has 0 bridgehead atoms. The molecule has 0 spiro atoms. The molecule has 2 rings (SSSR count). The monoisotopic (exact) mass is 240 g/mol. The number of rotatable bonds is 4. The van der Waals surface area contributed by atoms with Gasteiger partial charge in [-0.1, -0.05) is 48.6 Å². The highest BCUT2D eigenvalue weighted by atomic mass is 16.5. The van der Waals surface area contributed by atoms with Crippen molar-refractivity contribution in [3.05, 3.63) is 65.2 Å². The van der Waals surface area contributed by atoms with Crippen LogP contribution in [0.15, 0.2) is 48.5 Å². The molecule has 2 aromatic rings. The number of benzene rings is 2. The summed E-state index contributed by atoms with van der Waals surface area (Å²) in [6.07, 6.45) is 4.08. The maximum Gasteiger partial charge on any atom is 0.115 e. The smallest absolute Gasteiger partial charge is 0.115 e. The van der Waals surface area contributed by atoms with Crippen LogP contribution in [0.4, 0.5) is 0 Å². The largest absolute Gasteiger partial charge is 0.508 e. The van der Waals surface area contributed by atoms with Crippen LogP contribution in [0, 0.1) is 0 Å². The first-order chi connectivity index (χ1) is 8.79. The van der Waals surface area contributed by atoms with Crippen molar-refractivity contribution in [2.75, 3.05) is 7.11 Å². The normalized spacial score (nSPS) is 10.9. The average Bonchev–Trinajstić information content (AvgIpc) is 2.39. The summed E-state index contributed by atoms with van der Waals surface area (Å²) in [7, 11) is 1.65. The van der Waals surface area contributed by atoms with Crippen LogP contribution in [0.5, 0.6) is 5.75 Å². The minimum absolute atomic E-state index is 0.263. The predicted octanol–water partition coefficient (Wildman–Crippen LogP) is 3.71. The third kappa shape index (κ3) is 3.22. The molecular weight excluding hydrogens is 224 g/mol. The number of hydrogen-bond acceptors (Lipinski definition) is 2. The van der Waals surface area contributed by atoms with Crippen molar-refractivity contribution in [3.8, 4) is 5.75 Å². The molecule has 2 nitrogen and oxygen atoms in total. The SMILES string of the molecule is COCc1cc(O)ccc1/C=C/c1ccccc1. The minimum Gasteiger partial charge on any atom is -0.508 e. The lowest BCUT2D eigenvalue weighted by atomic mass is 10.1. The zero-order valence-corrected chi connectivity index (χ0v) is 10.3. The van der Waals surface area contributed by atoms with Crippen LogP contribution >= 0.6 is 0 Å². The van der Waals surface area contributed by atoms with Crippen LogP contribution in [0.2, 0.25) is 0 Å². The third-order valence-corrected chi connectivity index (χ3v) is 2.68. The molecule has 0 aliphatic carbocycles. The van der Waals surface area contributed by atoms with Gasteiger partial charge >= 0.3 is 0 Å². The van der Waals surface area contributed by atoms with Gasteiger partial charge in [-0.25, -0.2) is 0 Å². The summed E-state index contributed by atoms with van der Waals surface area (Å²) in [6, 6.07) is 15.4. The number of hydrogen-bond donors (Lipinski definition) is 1. The molecule has 0 aliphatic heterocycles. The van der Waals surface area contributed by atoms with Crippen LogP contribution in [0.1, 0.15) is 16.7 Å². The Balaban J connectivity index is 2.25. The molecule has 0 aromatic heterocycles. The molecule has 0 saturated carbocycles. The second-order valence-corrected chi connectivity index (χ2v) is 4.06. The van der Waals surface area contributed by atoms with E-state index in [4.69, 9.17) is 4.74 Å². The Morgan fingerprint density at radius 3 is 2.56 bits per heavy atom. The van der Waals surface area contributed by atoms with Crippen molar-refractivity contribution in [1.29, 1.82) is 0 Å². The van der Waals surface area contributed by atoms with E-state index in [0.717, 1.165) is 16.7 Å². The summed E-state index contributed by atoms with van der Waals surface area (Å²) in [5.41, 5.74) is 3.18. The van der Waals surface area contributed by atoms with Crippen LogP contribution < -0.4 is 0 Å². The van der Waals surface area contributed by atoms with Gasteiger partial charge in [0.15, 0.2) is 0 Å². The first-order valence-electron chi connectivity index (χ1n) is 5.83. The summed E-state index contributed by atoms with van der Waals surface area (Å²) >= 11 is 0. The highest BCUT2D eigenvalue weighted by Crippen LogP contribution is 2.19. The van der Waals surface area contributed by atoms with Gasteiger partial charge in [0.2, 0.25) is 0 Å². The molecule has 0 aliphatic rings. The molecule has 2 aromatic carbocycles. The van der Waals surface area contributed by atoms with Gasteiger partial charge in [-0.3, -0.25) is 0 Å². The lowest BCUT2D eigenvalue weighted by molar-refractivity contribution is 0.184. The molecule has 92 valence electrons. The number of phenolic OH excluding ortho intramolecular Hbond substituents is 1. The van der Waals surface area contributed by atoms with E-state index in [1.54, 1.807) is 19.2 Å². The van der Waals surface area contributed by atoms with Gasteiger partial charge in [0.1, 0.15) is 5.75 Å². The standard InChI is InChI=1S/C16H16O2/c1-18-12-15-11-16(17)10-9-14(15)8-7-13-5-3-2-4-6-13/h2-11,17H,12H2,1H3/b8-7+. The molecule has 0 fully saturated rings. The van der Waals surface area contributed by atoms with E-state index >= 15 is 0 Å². The zero-order chi connectivity index (χ0) is 12.8. The lowest BCUT2D eigenvalue weighted by Crippen LogP contribution is -1.91. The second kappa shape index (κ2) is 6.03. The summed E-state index contributed by atoms with van der Waals surface area (Å²) in [5.74, 6) is 0.263. The first-order valence-corrected chi connectivity index (χ1v) is 5.83. The Morgan fingerprint density at radius 1 is 1.06 bits per heavy atom. The van der Waals surface area contributed by atoms with Crippen LogP contribution in [0.3, 0.4) is 0 Å². The summed E-state index contributed by atoms with van der Waals surface area (Å²) in [6.45, 7) is 0.489. The van der Waals surface area contributed by atoms with Gasteiger partial charge in [-0.05, 0) is 28.8 Å². The predicted molar refractivity (Wildman–Crippen MR) is 74.2 cm³/mol. The molecule has 0 unspecified atom stereocenters. The third-order valence-electron chi connectivity index (χ3n) is 2.68. The van der Waals surface area contributed by atoms with E-state index in [2.05, 4.69) is 0 Å². The van der Waals surface area contributed by atoms with E-state index < -0.39 is 0 Å². The molecule has 0 radical (unpaired) electrons. The van der Waals surface area contributed by atoms with Crippen molar-refractivity contribution in [3.63, 3.8) is 0 Å². The number of aromatic hydroxyl groups is 1. The van der Waals surface area contributed by atoms with Crippen LogP contribution in [-0.4, -0.2) is 12.2 Å². The van der Waals surface area contributed by atoms with Crippen LogP contribution in [0.25, 0.3) is 12.2 Å². The fourth-order valence-corrected chi connectivity index (χ4v) is 1.79. The van der Waals surface area contributed by atoms with Crippen molar-refractivity contribution in [1.82, 2.24) is 0 Å². The van der Waals surface area contributed by atoms with E-state index in [1.165, 1.54) is 0 Å². The highest BCUT2D eigenvalue weighted by molar-refractivity contribution is 5.71. The quantitative estimate of drug-likeness (QED) is 0.825. The zero-order valence-electron chi connectivity index (χ0n) is 10.3. The number of methoxy groups -OCH3 is 1. The van der Waals surface area contributed by atoms with Gasteiger partial charge in [-0.2, -0.15) is 0 Å². The topological polar surface area (TPSA) is 29.5 Å². The van der Waals surface area contributed by atoms with E-state index in [0.29, 0.717) is 6.61 Å². The molecule has 2 heteroatoms. The van der Waals surface area contributed by atoms with Gasteiger partial charge in [0.25, 0.3) is 0 Å². The number of ether oxygens (including phenoxy) is 1. The van der Waals surface area contributed by atoms with Gasteiger partial charge < -0.3 is 9.84 Å². The van der Waals surface area contributed by atoms with E-state index in [9.17, 15) is 5.11 Å². The Morgan fingerprint density at radius 2 is 1.83 bits per heavy atom. The Hall–Kier alpha value is -2.06. The van der Waals surface area contributed by atoms with Crippen molar-refractivity contribution in [2.45, 2.75) is 6.61 Å². The lowest BCUT2D eigenvalue weighted by Gasteiger charge is -2.05. The summed E-state index contributed by atoms with van der Waals surface area (Å²) < 4.78 is 5.13. The maximum absolute atomic E-state index is 9.47.